The van der Waals surface area contributed by atoms with Crippen molar-refractivity contribution in [3.05, 3.63) is 0 Å². The third-order valence-corrected chi connectivity index (χ3v) is 4.49. The molecule has 1 aliphatic carbocycles. The molecule has 1 aliphatic heterocycles. The standard InChI is InChI=1S/C10H20NO3P/c1-15(12,13)7-9-6-11-10(8-14-9)4-2-3-5-10/h9,11H,2-8H2,1H3,(H,12,13). The van der Waals surface area contributed by atoms with Gasteiger partial charge < -0.3 is 14.9 Å². The van der Waals surface area contributed by atoms with Crippen molar-refractivity contribution in [3.63, 3.8) is 0 Å². The first-order valence-electron chi connectivity index (χ1n) is 5.65. The van der Waals surface area contributed by atoms with Crippen LogP contribution in [0.1, 0.15) is 25.7 Å². The second kappa shape index (κ2) is 4.17. The van der Waals surface area contributed by atoms with E-state index in [1.165, 1.54) is 32.3 Å². The van der Waals surface area contributed by atoms with E-state index in [2.05, 4.69) is 5.32 Å². The molecule has 1 spiro atoms. The molecule has 2 atom stereocenters. The SMILES string of the molecule is CP(=O)(O)CC1CNC2(CCCC2)CO1. The third kappa shape index (κ3) is 3.04. The Bertz CT molecular complexity index is 260. The van der Waals surface area contributed by atoms with Gasteiger partial charge in [0.15, 0.2) is 7.37 Å². The van der Waals surface area contributed by atoms with E-state index in [0.717, 1.165) is 6.54 Å². The molecule has 88 valence electrons. The predicted octanol–water partition coefficient (Wildman–Crippen LogP) is 1.19. The first-order chi connectivity index (χ1) is 6.99. The van der Waals surface area contributed by atoms with Crippen LogP contribution in [-0.2, 0) is 9.30 Å². The van der Waals surface area contributed by atoms with Crippen molar-refractivity contribution in [2.45, 2.75) is 37.3 Å². The zero-order valence-corrected chi connectivity index (χ0v) is 10.1. The minimum absolute atomic E-state index is 0.0861. The van der Waals surface area contributed by atoms with Gasteiger partial charge in [-0.15, -0.1) is 0 Å². The van der Waals surface area contributed by atoms with Crippen LogP contribution < -0.4 is 5.32 Å². The maximum atomic E-state index is 11.2. The molecular formula is C10H20NO3P. The molecule has 1 saturated heterocycles. The molecule has 4 nitrogen and oxygen atoms in total. The topological polar surface area (TPSA) is 58.6 Å². The van der Waals surface area contributed by atoms with Gasteiger partial charge in [0.25, 0.3) is 0 Å². The molecule has 5 heteroatoms. The molecule has 0 bridgehead atoms. The minimum Gasteiger partial charge on any atom is -0.374 e. The lowest BCUT2D eigenvalue weighted by atomic mass is 9.97. The fourth-order valence-corrected chi connectivity index (χ4v) is 3.58. The fourth-order valence-electron chi connectivity index (χ4n) is 2.59. The second-order valence-corrected chi connectivity index (χ2v) is 7.50. The molecule has 1 heterocycles. The Kier molecular flexibility index (Phi) is 3.22. The molecule has 2 unspecified atom stereocenters. The van der Waals surface area contributed by atoms with Crippen LogP contribution in [0.3, 0.4) is 0 Å². The lowest BCUT2D eigenvalue weighted by molar-refractivity contribution is -0.0207. The highest BCUT2D eigenvalue weighted by atomic mass is 31.2. The van der Waals surface area contributed by atoms with Gasteiger partial charge in [0.2, 0.25) is 0 Å². The van der Waals surface area contributed by atoms with Crippen molar-refractivity contribution < 1.29 is 14.2 Å². The first kappa shape index (κ1) is 11.6. The Morgan fingerprint density at radius 1 is 1.53 bits per heavy atom. The molecule has 0 aromatic rings. The first-order valence-corrected chi connectivity index (χ1v) is 7.94. The van der Waals surface area contributed by atoms with Crippen LogP contribution in [0.15, 0.2) is 0 Å². The normalized spacial score (nSPS) is 34.1. The third-order valence-electron chi connectivity index (χ3n) is 3.40. The van der Waals surface area contributed by atoms with Crippen LogP contribution in [0.25, 0.3) is 0 Å². The lowest BCUT2D eigenvalue weighted by Crippen LogP contribution is -2.56. The maximum Gasteiger partial charge on any atom is 0.200 e. The molecule has 0 aromatic carbocycles. The number of hydrogen-bond donors (Lipinski definition) is 2. The summed E-state index contributed by atoms with van der Waals surface area (Å²) in [7, 11) is -2.94. The largest absolute Gasteiger partial charge is 0.374 e. The zero-order chi connectivity index (χ0) is 10.9. The molecule has 0 amide bonds. The van der Waals surface area contributed by atoms with E-state index in [9.17, 15) is 9.46 Å². The minimum atomic E-state index is -2.94. The fraction of sp³-hybridized carbons (Fsp3) is 1.00. The molecular weight excluding hydrogens is 213 g/mol. The van der Waals surface area contributed by atoms with Crippen LogP contribution >= 0.6 is 7.37 Å². The van der Waals surface area contributed by atoms with Crippen molar-refractivity contribution in [3.8, 4) is 0 Å². The van der Waals surface area contributed by atoms with Crippen molar-refractivity contribution in [2.24, 2.45) is 0 Å². The van der Waals surface area contributed by atoms with Gasteiger partial charge in [0, 0.05) is 18.7 Å². The number of nitrogens with one attached hydrogen (secondary N) is 1. The van der Waals surface area contributed by atoms with Gasteiger partial charge in [-0.3, -0.25) is 4.57 Å². The summed E-state index contributed by atoms with van der Waals surface area (Å²) in [6.07, 6.45) is 5.10. The maximum absolute atomic E-state index is 11.2. The van der Waals surface area contributed by atoms with Crippen LogP contribution in [-0.4, -0.2) is 42.5 Å². The van der Waals surface area contributed by atoms with E-state index in [0.29, 0.717) is 6.61 Å². The molecule has 0 radical (unpaired) electrons. The van der Waals surface area contributed by atoms with Crippen LogP contribution in [0.4, 0.5) is 0 Å². The Morgan fingerprint density at radius 2 is 2.20 bits per heavy atom. The summed E-state index contributed by atoms with van der Waals surface area (Å²) in [6.45, 7) is 2.83. The Balaban J connectivity index is 1.84. The molecule has 2 fully saturated rings. The number of morpholine rings is 1. The number of hydrogen-bond acceptors (Lipinski definition) is 3. The van der Waals surface area contributed by atoms with Gasteiger partial charge in [0.1, 0.15) is 0 Å². The zero-order valence-electron chi connectivity index (χ0n) is 9.24. The summed E-state index contributed by atoms with van der Waals surface area (Å²) in [5.41, 5.74) is 0.184. The molecule has 2 N–H and O–H groups in total. The van der Waals surface area contributed by atoms with Crippen LogP contribution in [0.2, 0.25) is 0 Å². The molecule has 1 saturated carbocycles. The highest BCUT2D eigenvalue weighted by Crippen LogP contribution is 2.38. The van der Waals surface area contributed by atoms with Gasteiger partial charge in [-0.1, -0.05) is 12.8 Å². The summed E-state index contributed by atoms with van der Waals surface area (Å²) in [4.78, 5) is 9.27. The Morgan fingerprint density at radius 3 is 2.67 bits per heavy atom. The van der Waals surface area contributed by atoms with Gasteiger partial charge in [-0.05, 0) is 12.8 Å². The number of rotatable bonds is 2. The highest BCUT2D eigenvalue weighted by molar-refractivity contribution is 7.57. The van der Waals surface area contributed by atoms with E-state index in [-0.39, 0.29) is 17.8 Å². The molecule has 0 aromatic heterocycles. The smallest absolute Gasteiger partial charge is 0.200 e. The molecule has 2 rings (SSSR count). The highest BCUT2D eigenvalue weighted by Gasteiger charge is 2.38. The molecule has 15 heavy (non-hydrogen) atoms. The molecule has 2 aliphatic rings. The Labute approximate surface area is 90.8 Å². The predicted molar refractivity (Wildman–Crippen MR) is 59.6 cm³/mol. The van der Waals surface area contributed by atoms with Crippen molar-refractivity contribution in [1.82, 2.24) is 5.32 Å². The Hall–Kier alpha value is 0.110. The van der Waals surface area contributed by atoms with E-state index in [4.69, 9.17) is 4.74 Å². The average Bonchev–Trinajstić information content (AvgIpc) is 2.56. The number of ether oxygens (including phenoxy) is 1. The quantitative estimate of drug-likeness (QED) is 0.703. The van der Waals surface area contributed by atoms with Gasteiger partial charge in [-0.25, -0.2) is 0 Å². The average molecular weight is 233 g/mol. The van der Waals surface area contributed by atoms with E-state index >= 15 is 0 Å². The van der Waals surface area contributed by atoms with Gasteiger partial charge in [-0.2, -0.15) is 0 Å². The summed E-state index contributed by atoms with van der Waals surface area (Å²) < 4.78 is 16.9. The van der Waals surface area contributed by atoms with Gasteiger partial charge >= 0.3 is 0 Å². The van der Waals surface area contributed by atoms with Crippen molar-refractivity contribution in [1.29, 1.82) is 0 Å². The summed E-state index contributed by atoms with van der Waals surface area (Å²) in [5.74, 6) is 0. The summed E-state index contributed by atoms with van der Waals surface area (Å²) >= 11 is 0. The van der Waals surface area contributed by atoms with E-state index < -0.39 is 7.37 Å². The second-order valence-electron chi connectivity index (χ2n) is 5.03. The van der Waals surface area contributed by atoms with E-state index in [1.54, 1.807) is 0 Å². The van der Waals surface area contributed by atoms with Crippen LogP contribution in [0.5, 0.6) is 0 Å². The van der Waals surface area contributed by atoms with Crippen molar-refractivity contribution in [2.75, 3.05) is 26.0 Å². The summed E-state index contributed by atoms with van der Waals surface area (Å²) in [5, 5.41) is 3.51. The monoisotopic (exact) mass is 233 g/mol. The lowest BCUT2D eigenvalue weighted by Gasteiger charge is -2.38. The van der Waals surface area contributed by atoms with Crippen molar-refractivity contribution >= 4 is 7.37 Å². The summed E-state index contributed by atoms with van der Waals surface area (Å²) in [6, 6.07) is 0. The van der Waals surface area contributed by atoms with E-state index in [1.807, 2.05) is 0 Å². The van der Waals surface area contributed by atoms with Gasteiger partial charge in [0.05, 0.1) is 18.9 Å². The van der Waals surface area contributed by atoms with Crippen LogP contribution in [0, 0.1) is 0 Å².